The molecule has 0 fully saturated rings. The summed E-state index contributed by atoms with van der Waals surface area (Å²) in [6.07, 6.45) is 0.771. The molecular formula is C26H20FN2O3-. The molecule has 0 aliphatic carbocycles. The van der Waals surface area contributed by atoms with E-state index in [4.69, 9.17) is 9.72 Å². The first-order valence-corrected chi connectivity index (χ1v) is 10.3. The van der Waals surface area contributed by atoms with Crippen molar-refractivity contribution < 1.29 is 19.0 Å². The van der Waals surface area contributed by atoms with Gasteiger partial charge in [0.2, 0.25) is 0 Å². The number of carboxylic acids is 1. The van der Waals surface area contributed by atoms with Gasteiger partial charge in [0, 0.05) is 34.8 Å². The first-order chi connectivity index (χ1) is 15.5. The summed E-state index contributed by atoms with van der Waals surface area (Å²) in [7, 11) is 1.62. The molecule has 0 N–H and O–H groups in total. The highest BCUT2D eigenvalue weighted by Crippen LogP contribution is 2.44. The second-order valence-electron chi connectivity index (χ2n) is 7.82. The molecule has 0 radical (unpaired) electrons. The number of rotatable bonds is 4. The average Bonchev–Trinajstić information content (AvgIpc) is 3.22. The number of anilines is 2. The highest BCUT2D eigenvalue weighted by Gasteiger charge is 2.28. The average molecular weight is 427 g/mol. The number of hydrogen-bond donors (Lipinski definition) is 0. The number of carboxylic acid groups (broad SMARTS) is 1. The molecule has 3 aromatic carbocycles. The third-order valence-corrected chi connectivity index (χ3v) is 6.02. The standard InChI is InChI=1S/C26H21FN2O3/c1-15-24(26(30)31)21-12-17(27)8-9-22(21)28-25(15)29-11-10-19-20(16-6-4-3-5-7-16)13-18(32-2)14-23(19)29/h3-9,12-14H,10-11H2,1-2H3,(H,30,31)/p-1. The van der Waals surface area contributed by atoms with Gasteiger partial charge in [-0.3, -0.25) is 0 Å². The molecule has 0 atom stereocenters. The monoisotopic (exact) mass is 427 g/mol. The lowest BCUT2D eigenvalue weighted by Gasteiger charge is -2.24. The molecule has 1 aromatic heterocycles. The van der Waals surface area contributed by atoms with Gasteiger partial charge in [0.25, 0.3) is 0 Å². The summed E-state index contributed by atoms with van der Waals surface area (Å²) in [6.45, 7) is 2.32. The number of methoxy groups -OCH3 is 1. The number of pyridine rings is 1. The summed E-state index contributed by atoms with van der Waals surface area (Å²) in [4.78, 5) is 18.7. The van der Waals surface area contributed by atoms with Crippen LogP contribution in [0.4, 0.5) is 15.9 Å². The SMILES string of the molecule is COc1cc(-c2ccccc2)c2c(c1)N(c1nc3ccc(F)cc3c(C(=O)[O-])c1C)CC2. The molecule has 1 aliphatic rings. The minimum absolute atomic E-state index is 0.0378. The lowest BCUT2D eigenvalue weighted by molar-refractivity contribution is -0.254. The number of hydrogen-bond acceptors (Lipinski definition) is 5. The van der Waals surface area contributed by atoms with Crippen molar-refractivity contribution in [3.8, 4) is 16.9 Å². The second kappa shape index (κ2) is 7.64. The molecule has 0 bridgehead atoms. The van der Waals surface area contributed by atoms with Crippen LogP contribution in [0.1, 0.15) is 21.5 Å². The van der Waals surface area contributed by atoms with E-state index in [1.807, 2.05) is 35.2 Å². The maximum absolute atomic E-state index is 13.8. The normalized spacial score (nSPS) is 12.8. The fourth-order valence-corrected chi connectivity index (χ4v) is 4.54. The van der Waals surface area contributed by atoms with Crippen molar-refractivity contribution in [1.29, 1.82) is 0 Å². The first kappa shape index (κ1) is 20.0. The van der Waals surface area contributed by atoms with E-state index in [1.165, 1.54) is 18.2 Å². The van der Waals surface area contributed by atoms with Gasteiger partial charge in [0.05, 0.1) is 18.6 Å². The van der Waals surface area contributed by atoms with E-state index < -0.39 is 11.8 Å². The van der Waals surface area contributed by atoms with Crippen LogP contribution in [0.25, 0.3) is 22.0 Å². The molecule has 0 spiro atoms. The van der Waals surface area contributed by atoms with E-state index in [1.54, 1.807) is 14.0 Å². The highest BCUT2D eigenvalue weighted by atomic mass is 19.1. The lowest BCUT2D eigenvalue weighted by atomic mass is 9.97. The molecule has 32 heavy (non-hydrogen) atoms. The van der Waals surface area contributed by atoms with Crippen LogP contribution in [-0.2, 0) is 6.42 Å². The van der Waals surface area contributed by atoms with Crippen molar-refractivity contribution in [2.24, 2.45) is 0 Å². The minimum atomic E-state index is -1.35. The lowest BCUT2D eigenvalue weighted by Crippen LogP contribution is -2.26. The Morgan fingerprint density at radius 3 is 2.62 bits per heavy atom. The molecule has 0 amide bonds. The number of halogens is 1. The zero-order chi connectivity index (χ0) is 22.4. The maximum atomic E-state index is 13.8. The number of aromatic carboxylic acids is 1. The van der Waals surface area contributed by atoms with Crippen LogP contribution in [0.15, 0.2) is 60.7 Å². The van der Waals surface area contributed by atoms with Gasteiger partial charge in [-0.2, -0.15) is 0 Å². The fourth-order valence-electron chi connectivity index (χ4n) is 4.54. The third kappa shape index (κ3) is 3.15. The van der Waals surface area contributed by atoms with E-state index in [2.05, 4.69) is 12.1 Å². The molecule has 0 saturated carbocycles. The number of ether oxygens (including phenoxy) is 1. The Morgan fingerprint density at radius 2 is 1.91 bits per heavy atom. The van der Waals surface area contributed by atoms with Crippen molar-refractivity contribution in [3.05, 3.63) is 83.2 Å². The van der Waals surface area contributed by atoms with Gasteiger partial charge in [0.1, 0.15) is 17.4 Å². The van der Waals surface area contributed by atoms with Crippen molar-refractivity contribution in [1.82, 2.24) is 4.98 Å². The number of nitrogens with zero attached hydrogens (tertiary/aromatic N) is 2. The predicted molar refractivity (Wildman–Crippen MR) is 120 cm³/mol. The Morgan fingerprint density at radius 1 is 1.12 bits per heavy atom. The van der Waals surface area contributed by atoms with Gasteiger partial charge in [-0.05, 0) is 54.3 Å². The molecule has 1 aliphatic heterocycles. The predicted octanol–water partition coefficient (Wildman–Crippen LogP) is 4.42. The summed E-state index contributed by atoms with van der Waals surface area (Å²) >= 11 is 0. The van der Waals surface area contributed by atoms with Gasteiger partial charge in [-0.1, -0.05) is 30.3 Å². The van der Waals surface area contributed by atoms with Crippen LogP contribution < -0.4 is 14.7 Å². The van der Waals surface area contributed by atoms with Gasteiger partial charge in [0.15, 0.2) is 0 Å². The Labute approximate surface area is 184 Å². The highest BCUT2D eigenvalue weighted by molar-refractivity contribution is 6.05. The number of aromatic nitrogens is 1. The van der Waals surface area contributed by atoms with E-state index in [9.17, 15) is 14.3 Å². The third-order valence-electron chi connectivity index (χ3n) is 6.02. The van der Waals surface area contributed by atoms with E-state index in [0.29, 0.717) is 29.2 Å². The van der Waals surface area contributed by atoms with Crippen LogP contribution >= 0.6 is 0 Å². The molecule has 160 valence electrons. The Balaban J connectivity index is 1.74. The molecule has 0 saturated heterocycles. The summed E-state index contributed by atoms with van der Waals surface area (Å²) in [5.41, 5.74) is 5.04. The van der Waals surface area contributed by atoms with Gasteiger partial charge >= 0.3 is 0 Å². The van der Waals surface area contributed by atoms with Crippen LogP contribution in [0.2, 0.25) is 0 Å². The van der Waals surface area contributed by atoms with Crippen LogP contribution in [0.5, 0.6) is 5.75 Å². The number of carbonyl (C=O) groups is 1. The number of fused-ring (bicyclic) bond motifs is 2. The second-order valence-corrected chi connectivity index (χ2v) is 7.82. The van der Waals surface area contributed by atoms with Crippen molar-refractivity contribution in [2.75, 3.05) is 18.6 Å². The van der Waals surface area contributed by atoms with Crippen LogP contribution in [-0.4, -0.2) is 24.6 Å². The Bertz CT molecular complexity index is 1370. The summed E-state index contributed by atoms with van der Waals surface area (Å²) < 4.78 is 19.4. The minimum Gasteiger partial charge on any atom is -0.545 e. The maximum Gasteiger partial charge on any atom is 0.137 e. The van der Waals surface area contributed by atoms with Gasteiger partial charge in [-0.25, -0.2) is 9.37 Å². The summed E-state index contributed by atoms with van der Waals surface area (Å²) in [5.74, 6) is -0.640. The molecule has 0 unspecified atom stereocenters. The largest absolute Gasteiger partial charge is 0.545 e. The van der Waals surface area contributed by atoms with Crippen molar-refractivity contribution in [2.45, 2.75) is 13.3 Å². The smallest absolute Gasteiger partial charge is 0.137 e. The summed E-state index contributed by atoms with van der Waals surface area (Å²) in [6, 6.07) is 18.0. The molecule has 6 heteroatoms. The topological polar surface area (TPSA) is 65.5 Å². The van der Waals surface area contributed by atoms with E-state index in [0.717, 1.165) is 28.8 Å². The van der Waals surface area contributed by atoms with Gasteiger partial charge < -0.3 is 19.5 Å². The van der Waals surface area contributed by atoms with Crippen molar-refractivity contribution >= 4 is 28.4 Å². The quantitative estimate of drug-likeness (QED) is 0.483. The molecule has 4 aromatic rings. The molecule has 5 nitrogen and oxygen atoms in total. The Kier molecular flexibility index (Phi) is 4.78. The van der Waals surface area contributed by atoms with Crippen molar-refractivity contribution in [3.63, 3.8) is 0 Å². The number of benzene rings is 3. The van der Waals surface area contributed by atoms with Gasteiger partial charge in [-0.15, -0.1) is 0 Å². The zero-order valence-electron chi connectivity index (χ0n) is 17.7. The molecule has 5 rings (SSSR count). The van der Waals surface area contributed by atoms with E-state index >= 15 is 0 Å². The summed E-state index contributed by atoms with van der Waals surface area (Å²) in [5, 5.41) is 12.2. The van der Waals surface area contributed by atoms with Crippen LogP contribution in [0.3, 0.4) is 0 Å². The zero-order valence-corrected chi connectivity index (χ0v) is 17.7. The van der Waals surface area contributed by atoms with E-state index in [-0.39, 0.29) is 10.9 Å². The number of carbonyl (C=O) groups excluding carboxylic acids is 1. The van der Waals surface area contributed by atoms with Crippen LogP contribution in [0, 0.1) is 12.7 Å². The molecular weight excluding hydrogens is 407 g/mol. The molecule has 2 heterocycles. The fraction of sp³-hybridized carbons (Fsp3) is 0.154. The first-order valence-electron chi connectivity index (χ1n) is 10.3. The Hall–Kier alpha value is -3.93.